The number of aromatic carboxylic acids is 1. The van der Waals surface area contributed by atoms with Crippen molar-refractivity contribution in [2.45, 2.75) is 12.8 Å². The highest BCUT2D eigenvalue weighted by Crippen LogP contribution is 2.45. The van der Waals surface area contributed by atoms with E-state index in [1.54, 1.807) is 18.2 Å². The third-order valence-electron chi connectivity index (χ3n) is 3.17. The number of nitrogens with one attached hydrogen (secondary N) is 1. The van der Waals surface area contributed by atoms with E-state index >= 15 is 0 Å². The molecule has 0 atom stereocenters. The molecule has 1 aromatic rings. The average molecular weight is 300 g/mol. The Morgan fingerprint density at radius 2 is 2.18 bits per heavy atom. The smallest absolute Gasteiger partial charge is 0.338 e. The van der Waals surface area contributed by atoms with E-state index in [1.807, 2.05) is 0 Å². The molecule has 0 aromatic heterocycles. The number of rotatable bonds is 5. The van der Waals surface area contributed by atoms with Gasteiger partial charge < -0.3 is 15.5 Å². The highest BCUT2D eigenvalue weighted by atomic mass is 79.9. The molecule has 0 radical (unpaired) electrons. The number of aliphatic hydroxyl groups excluding tert-OH is 1. The summed E-state index contributed by atoms with van der Waals surface area (Å²) in [4.78, 5) is 11.1. The maximum atomic E-state index is 11.1. The van der Waals surface area contributed by atoms with E-state index in [4.69, 9.17) is 5.11 Å². The molecule has 17 heavy (non-hydrogen) atoms. The van der Waals surface area contributed by atoms with Gasteiger partial charge in [-0.05, 0) is 40.9 Å². The number of carbonyl (C=O) groups is 1. The van der Waals surface area contributed by atoms with Crippen molar-refractivity contribution in [3.8, 4) is 0 Å². The molecule has 0 heterocycles. The number of aliphatic hydroxyl groups is 1. The largest absolute Gasteiger partial charge is 0.478 e. The van der Waals surface area contributed by atoms with E-state index in [2.05, 4.69) is 21.2 Å². The highest BCUT2D eigenvalue weighted by Gasteiger charge is 2.41. The Balaban J connectivity index is 2.15. The van der Waals surface area contributed by atoms with Crippen LogP contribution >= 0.6 is 15.9 Å². The Hall–Kier alpha value is -1.07. The average Bonchev–Trinajstić information content (AvgIpc) is 3.06. The molecule has 5 heteroatoms. The number of halogens is 1. The fourth-order valence-electron chi connectivity index (χ4n) is 1.74. The van der Waals surface area contributed by atoms with Gasteiger partial charge in [0, 0.05) is 22.1 Å². The van der Waals surface area contributed by atoms with Gasteiger partial charge in [-0.1, -0.05) is 6.07 Å². The molecule has 0 bridgehead atoms. The SMILES string of the molecule is O=C(O)c1c(Br)cccc1NCC1(CO)CC1. The summed E-state index contributed by atoms with van der Waals surface area (Å²) in [7, 11) is 0. The Labute approximate surface area is 108 Å². The zero-order valence-corrected chi connectivity index (χ0v) is 10.8. The van der Waals surface area contributed by atoms with E-state index in [0.717, 1.165) is 12.8 Å². The van der Waals surface area contributed by atoms with Crippen LogP contribution < -0.4 is 5.32 Å². The van der Waals surface area contributed by atoms with Gasteiger partial charge in [-0.25, -0.2) is 4.79 Å². The lowest BCUT2D eigenvalue weighted by Gasteiger charge is -2.16. The van der Waals surface area contributed by atoms with Crippen molar-refractivity contribution in [1.82, 2.24) is 0 Å². The molecule has 0 amide bonds. The van der Waals surface area contributed by atoms with Crippen molar-refractivity contribution in [2.24, 2.45) is 5.41 Å². The molecule has 1 fully saturated rings. The fraction of sp³-hybridized carbons (Fsp3) is 0.417. The zero-order valence-electron chi connectivity index (χ0n) is 9.24. The van der Waals surface area contributed by atoms with Crippen molar-refractivity contribution in [1.29, 1.82) is 0 Å². The summed E-state index contributed by atoms with van der Waals surface area (Å²) in [5.41, 5.74) is 0.783. The van der Waals surface area contributed by atoms with Gasteiger partial charge in [0.15, 0.2) is 0 Å². The van der Waals surface area contributed by atoms with Gasteiger partial charge in [0.05, 0.1) is 12.2 Å². The lowest BCUT2D eigenvalue weighted by molar-refractivity contribution is 0.0697. The van der Waals surface area contributed by atoms with E-state index in [-0.39, 0.29) is 17.6 Å². The molecule has 2 rings (SSSR count). The van der Waals surface area contributed by atoms with Crippen molar-refractivity contribution < 1.29 is 15.0 Å². The number of anilines is 1. The quantitative estimate of drug-likeness (QED) is 0.780. The summed E-state index contributed by atoms with van der Waals surface area (Å²) >= 11 is 3.23. The second-order valence-corrected chi connectivity index (χ2v) is 5.33. The second kappa shape index (κ2) is 4.66. The van der Waals surface area contributed by atoms with Crippen LogP contribution in [0.15, 0.2) is 22.7 Å². The Morgan fingerprint density at radius 1 is 1.47 bits per heavy atom. The molecule has 0 aliphatic heterocycles. The minimum absolute atomic E-state index is 0.0436. The van der Waals surface area contributed by atoms with Gasteiger partial charge in [-0.15, -0.1) is 0 Å². The summed E-state index contributed by atoms with van der Waals surface area (Å²) in [6.07, 6.45) is 1.99. The maximum Gasteiger partial charge on any atom is 0.338 e. The number of carboxylic acid groups (broad SMARTS) is 1. The van der Waals surface area contributed by atoms with Crippen LogP contribution in [0.4, 0.5) is 5.69 Å². The summed E-state index contributed by atoms with van der Waals surface area (Å²) in [6, 6.07) is 5.23. The molecule has 1 aliphatic rings. The summed E-state index contributed by atoms with van der Waals surface area (Å²) in [5, 5.41) is 21.4. The zero-order chi connectivity index (χ0) is 12.5. The second-order valence-electron chi connectivity index (χ2n) is 4.48. The first kappa shape index (κ1) is 12.4. The van der Waals surface area contributed by atoms with Crippen molar-refractivity contribution >= 4 is 27.6 Å². The van der Waals surface area contributed by atoms with Gasteiger partial charge in [0.1, 0.15) is 0 Å². The minimum atomic E-state index is -0.964. The summed E-state index contributed by atoms with van der Waals surface area (Å²) in [6.45, 7) is 0.761. The maximum absolute atomic E-state index is 11.1. The van der Waals surface area contributed by atoms with Gasteiger partial charge in [0.25, 0.3) is 0 Å². The van der Waals surface area contributed by atoms with Crippen LogP contribution in [0.2, 0.25) is 0 Å². The van der Waals surface area contributed by atoms with E-state index < -0.39 is 5.97 Å². The molecular formula is C12H14BrNO3. The number of hydrogen-bond acceptors (Lipinski definition) is 3. The third-order valence-corrected chi connectivity index (χ3v) is 3.83. The van der Waals surface area contributed by atoms with Crippen LogP contribution in [0.3, 0.4) is 0 Å². The Morgan fingerprint density at radius 3 is 2.71 bits per heavy atom. The number of carboxylic acids is 1. The van der Waals surface area contributed by atoms with E-state index in [0.29, 0.717) is 16.7 Å². The Bertz CT molecular complexity index is 443. The van der Waals surface area contributed by atoms with E-state index in [9.17, 15) is 9.90 Å². The molecule has 1 aromatic carbocycles. The summed E-state index contributed by atoms with van der Waals surface area (Å²) < 4.78 is 0.559. The Kier molecular flexibility index (Phi) is 3.40. The first-order chi connectivity index (χ1) is 8.08. The summed E-state index contributed by atoms with van der Waals surface area (Å²) in [5.74, 6) is -0.964. The standard InChI is InChI=1S/C12H14BrNO3/c13-8-2-1-3-9(10(8)11(16)17)14-6-12(7-15)4-5-12/h1-3,14-15H,4-7H2,(H,16,17). The van der Waals surface area contributed by atoms with Crippen LogP contribution in [0.25, 0.3) is 0 Å². The first-order valence-corrected chi connectivity index (χ1v) is 6.24. The lowest BCUT2D eigenvalue weighted by Crippen LogP contribution is -2.20. The van der Waals surface area contributed by atoms with Gasteiger partial charge in [-0.2, -0.15) is 0 Å². The van der Waals surface area contributed by atoms with Crippen LogP contribution in [-0.4, -0.2) is 29.3 Å². The molecule has 0 spiro atoms. The van der Waals surface area contributed by atoms with Crippen LogP contribution in [0.1, 0.15) is 23.2 Å². The van der Waals surface area contributed by atoms with Crippen molar-refractivity contribution in [2.75, 3.05) is 18.5 Å². The molecule has 3 N–H and O–H groups in total. The van der Waals surface area contributed by atoms with Gasteiger partial charge >= 0.3 is 5.97 Å². The molecule has 0 unspecified atom stereocenters. The minimum Gasteiger partial charge on any atom is -0.478 e. The molecular weight excluding hydrogens is 286 g/mol. The van der Waals surface area contributed by atoms with Crippen molar-refractivity contribution in [3.63, 3.8) is 0 Å². The van der Waals surface area contributed by atoms with Crippen LogP contribution in [0.5, 0.6) is 0 Å². The predicted molar refractivity (Wildman–Crippen MR) is 68.3 cm³/mol. The number of benzene rings is 1. The van der Waals surface area contributed by atoms with Crippen LogP contribution in [0, 0.1) is 5.41 Å². The first-order valence-electron chi connectivity index (χ1n) is 5.44. The normalized spacial score (nSPS) is 16.6. The lowest BCUT2D eigenvalue weighted by atomic mass is 10.1. The van der Waals surface area contributed by atoms with E-state index in [1.165, 1.54) is 0 Å². The van der Waals surface area contributed by atoms with Gasteiger partial charge in [-0.3, -0.25) is 0 Å². The topological polar surface area (TPSA) is 69.6 Å². The predicted octanol–water partition coefficient (Wildman–Crippen LogP) is 2.33. The van der Waals surface area contributed by atoms with Crippen molar-refractivity contribution in [3.05, 3.63) is 28.2 Å². The molecule has 0 saturated heterocycles. The van der Waals surface area contributed by atoms with Crippen LogP contribution in [-0.2, 0) is 0 Å². The molecule has 92 valence electrons. The molecule has 1 saturated carbocycles. The van der Waals surface area contributed by atoms with Gasteiger partial charge in [0.2, 0.25) is 0 Å². The monoisotopic (exact) mass is 299 g/mol. The molecule has 4 nitrogen and oxygen atoms in total. The number of hydrogen-bond donors (Lipinski definition) is 3. The third kappa shape index (κ3) is 2.61. The molecule has 1 aliphatic carbocycles. The highest BCUT2D eigenvalue weighted by molar-refractivity contribution is 9.10. The fourth-order valence-corrected chi connectivity index (χ4v) is 2.27.